The molecule has 6 heteroatoms. The van der Waals surface area contributed by atoms with Crippen molar-refractivity contribution in [3.05, 3.63) is 51.4 Å². The number of thioether (sulfide) groups is 1. The zero-order valence-electron chi connectivity index (χ0n) is 8.81. The lowest BCUT2D eigenvalue weighted by Crippen LogP contribution is -2.12. The van der Waals surface area contributed by atoms with E-state index in [2.05, 4.69) is 9.97 Å². The number of aromatic nitrogens is 2. The van der Waals surface area contributed by atoms with Crippen LogP contribution in [0.5, 0.6) is 0 Å². The third kappa shape index (κ3) is 3.25. The maximum atomic E-state index is 11.2. The van der Waals surface area contributed by atoms with Crippen molar-refractivity contribution < 1.29 is 0 Å². The van der Waals surface area contributed by atoms with Gasteiger partial charge in [0, 0.05) is 10.8 Å². The number of nitrogens with one attached hydrogen (secondary N) is 1. The highest BCUT2D eigenvalue weighted by Gasteiger charge is 2.01. The normalized spacial score (nSPS) is 10.4. The van der Waals surface area contributed by atoms with Crippen molar-refractivity contribution in [3.8, 4) is 0 Å². The summed E-state index contributed by atoms with van der Waals surface area (Å²) < 4.78 is 0. The Kier molecular flexibility index (Phi) is 3.71. The van der Waals surface area contributed by atoms with E-state index < -0.39 is 0 Å². The molecule has 0 unspecified atom stereocenters. The maximum absolute atomic E-state index is 11.2. The molecule has 0 aliphatic heterocycles. The van der Waals surface area contributed by atoms with E-state index in [1.165, 1.54) is 18.0 Å². The molecule has 0 fully saturated rings. The van der Waals surface area contributed by atoms with Crippen LogP contribution in [0.1, 0.15) is 5.56 Å². The van der Waals surface area contributed by atoms with Crippen LogP contribution < -0.4 is 11.3 Å². The molecule has 2 aromatic rings. The van der Waals surface area contributed by atoms with E-state index >= 15 is 0 Å². The van der Waals surface area contributed by atoms with Crippen molar-refractivity contribution in [2.75, 3.05) is 5.73 Å². The summed E-state index contributed by atoms with van der Waals surface area (Å²) in [6.45, 7) is 0. The fourth-order valence-electron chi connectivity index (χ4n) is 1.19. The van der Waals surface area contributed by atoms with Gasteiger partial charge < -0.3 is 5.73 Å². The van der Waals surface area contributed by atoms with Crippen LogP contribution in [0.3, 0.4) is 0 Å². The van der Waals surface area contributed by atoms with Crippen molar-refractivity contribution in [3.63, 3.8) is 0 Å². The highest BCUT2D eigenvalue weighted by Crippen LogP contribution is 2.19. The van der Waals surface area contributed by atoms with E-state index in [4.69, 9.17) is 17.3 Å². The molecule has 0 saturated heterocycles. The van der Waals surface area contributed by atoms with Gasteiger partial charge >= 0.3 is 0 Å². The molecule has 0 bridgehead atoms. The third-order valence-corrected chi connectivity index (χ3v) is 3.30. The van der Waals surface area contributed by atoms with Crippen molar-refractivity contribution in [1.29, 1.82) is 0 Å². The first-order valence-corrected chi connectivity index (χ1v) is 6.23. The van der Waals surface area contributed by atoms with Gasteiger partial charge in [0.05, 0.1) is 6.20 Å². The molecule has 88 valence electrons. The number of hydrogen-bond donors (Lipinski definition) is 2. The number of benzene rings is 1. The second kappa shape index (κ2) is 5.25. The second-order valence-electron chi connectivity index (χ2n) is 3.39. The summed E-state index contributed by atoms with van der Waals surface area (Å²) in [5.74, 6) is 0.712. The molecule has 1 aromatic carbocycles. The van der Waals surface area contributed by atoms with Crippen LogP contribution in [0.2, 0.25) is 5.02 Å². The summed E-state index contributed by atoms with van der Waals surface area (Å²) in [6.07, 6.45) is 1.36. The minimum Gasteiger partial charge on any atom is -0.393 e. The average molecular weight is 268 g/mol. The quantitative estimate of drug-likeness (QED) is 0.661. The number of nitrogen functional groups attached to an aromatic ring is 1. The number of hydrogen-bond acceptors (Lipinski definition) is 4. The van der Waals surface area contributed by atoms with Crippen molar-refractivity contribution >= 4 is 29.1 Å². The molecule has 0 amide bonds. The first-order valence-electron chi connectivity index (χ1n) is 4.87. The van der Waals surface area contributed by atoms with Crippen LogP contribution in [0.15, 0.2) is 40.4 Å². The molecular weight excluding hydrogens is 258 g/mol. The minimum absolute atomic E-state index is 0.126. The van der Waals surface area contributed by atoms with E-state index in [1.807, 2.05) is 24.3 Å². The van der Waals surface area contributed by atoms with Crippen LogP contribution in [-0.2, 0) is 5.75 Å². The molecule has 0 saturated carbocycles. The molecule has 2 rings (SSSR count). The van der Waals surface area contributed by atoms with E-state index in [0.29, 0.717) is 15.9 Å². The SMILES string of the molecule is Nc1cnc(SCc2ccc(Cl)cc2)[nH]c1=O. The zero-order valence-corrected chi connectivity index (χ0v) is 10.4. The smallest absolute Gasteiger partial charge is 0.274 e. The van der Waals surface area contributed by atoms with Gasteiger partial charge in [-0.3, -0.25) is 9.78 Å². The van der Waals surface area contributed by atoms with Gasteiger partial charge in [-0.15, -0.1) is 0 Å². The fourth-order valence-corrected chi connectivity index (χ4v) is 2.11. The highest BCUT2D eigenvalue weighted by molar-refractivity contribution is 7.98. The van der Waals surface area contributed by atoms with E-state index in [1.54, 1.807) is 0 Å². The van der Waals surface area contributed by atoms with Crippen LogP contribution in [0, 0.1) is 0 Å². The number of nitrogens with two attached hydrogens (primary N) is 1. The molecule has 0 spiro atoms. The summed E-state index contributed by atoms with van der Waals surface area (Å²) >= 11 is 7.22. The molecule has 0 radical (unpaired) electrons. The van der Waals surface area contributed by atoms with Crippen LogP contribution >= 0.6 is 23.4 Å². The van der Waals surface area contributed by atoms with Gasteiger partial charge in [-0.2, -0.15) is 0 Å². The predicted octanol–water partition coefficient (Wildman–Crippen LogP) is 2.30. The summed E-state index contributed by atoms with van der Waals surface area (Å²) in [4.78, 5) is 17.9. The molecule has 17 heavy (non-hydrogen) atoms. The Labute approximate surface area is 107 Å². The number of H-pyrrole nitrogens is 1. The lowest BCUT2D eigenvalue weighted by molar-refractivity contribution is 0.941. The fraction of sp³-hybridized carbons (Fsp3) is 0.0909. The Morgan fingerprint density at radius 1 is 1.35 bits per heavy atom. The first kappa shape index (κ1) is 12.0. The molecule has 1 heterocycles. The van der Waals surface area contributed by atoms with E-state index in [0.717, 1.165) is 5.56 Å². The molecule has 3 N–H and O–H groups in total. The zero-order chi connectivity index (χ0) is 12.3. The standard InChI is InChI=1S/C11H10ClN3OS/c12-8-3-1-7(2-4-8)6-17-11-14-5-9(13)10(16)15-11/h1-5H,6,13H2,(H,14,15,16). The predicted molar refractivity (Wildman–Crippen MR) is 70.3 cm³/mol. The molecule has 0 aliphatic carbocycles. The molecular formula is C11H10ClN3OS. The van der Waals surface area contributed by atoms with Gasteiger partial charge in [0.1, 0.15) is 5.69 Å². The monoisotopic (exact) mass is 267 g/mol. The van der Waals surface area contributed by atoms with Gasteiger partial charge in [0.2, 0.25) is 0 Å². The maximum Gasteiger partial charge on any atom is 0.274 e. The largest absolute Gasteiger partial charge is 0.393 e. The number of nitrogens with zero attached hydrogens (tertiary/aromatic N) is 1. The van der Waals surface area contributed by atoms with E-state index in [9.17, 15) is 4.79 Å². The van der Waals surface area contributed by atoms with Gasteiger partial charge in [0.25, 0.3) is 5.56 Å². The molecule has 1 aromatic heterocycles. The minimum atomic E-state index is -0.307. The van der Waals surface area contributed by atoms with Gasteiger partial charge in [-0.25, -0.2) is 4.98 Å². The molecule has 0 aliphatic rings. The number of rotatable bonds is 3. The van der Waals surface area contributed by atoms with Gasteiger partial charge in [0.15, 0.2) is 5.16 Å². The lowest BCUT2D eigenvalue weighted by atomic mass is 10.2. The Bertz CT molecular complexity index is 568. The van der Waals surface area contributed by atoms with Crippen molar-refractivity contribution in [2.45, 2.75) is 10.9 Å². The first-order chi connectivity index (χ1) is 8.15. The Morgan fingerprint density at radius 3 is 2.71 bits per heavy atom. The van der Waals surface area contributed by atoms with Crippen LogP contribution in [0.25, 0.3) is 0 Å². The number of aromatic amines is 1. The van der Waals surface area contributed by atoms with Crippen LogP contribution in [-0.4, -0.2) is 9.97 Å². The van der Waals surface area contributed by atoms with Crippen molar-refractivity contribution in [1.82, 2.24) is 9.97 Å². The topological polar surface area (TPSA) is 71.8 Å². The number of halogens is 1. The Hall–Kier alpha value is -1.46. The summed E-state index contributed by atoms with van der Waals surface area (Å²) in [7, 11) is 0. The Morgan fingerprint density at radius 2 is 2.06 bits per heavy atom. The second-order valence-corrected chi connectivity index (χ2v) is 4.79. The van der Waals surface area contributed by atoms with E-state index in [-0.39, 0.29) is 11.2 Å². The number of anilines is 1. The van der Waals surface area contributed by atoms with Gasteiger partial charge in [-0.1, -0.05) is 35.5 Å². The summed E-state index contributed by atoms with van der Waals surface area (Å²) in [5.41, 5.74) is 6.31. The highest BCUT2D eigenvalue weighted by atomic mass is 35.5. The third-order valence-electron chi connectivity index (χ3n) is 2.09. The lowest BCUT2D eigenvalue weighted by Gasteiger charge is -2.01. The average Bonchev–Trinajstić information content (AvgIpc) is 2.33. The summed E-state index contributed by atoms with van der Waals surface area (Å²) in [5, 5.41) is 1.26. The van der Waals surface area contributed by atoms with Crippen molar-refractivity contribution in [2.24, 2.45) is 0 Å². The Balaban J connectivity index is 2.04. The molecule has 4 nitrogen and oxygen atoms in total. The molecule has 0 atom stereocenters. The van der Waals surface area contributed by atoms with Gasteiger partial charge in [-0.05, 0) is 17.7 Å². The van der Waals surface area contributed by atoms with Crippen LogP contribution in [0.4, 0.5) is 5.69 Å². The summed E-state index contributed by atoms with van der Waals surface area (Å²) in [6, 6.07) is 7.53.